The first-order valence-electron chi connectivity index (χ1n) is 16.5. The number of carbonyl (C=O) groups is 1. The van der Waals surface area contributed by atoms with Gasteiger partial charge in [0.05, 0.1) is 35.4 Å². The number of aliphatic carboxylic acids is 1. The zero-order chi connectivity index (χ0) is 30.2. The number of aromatic nitrogens is 2. The van der Waals surface area contributed by atoms with Gasteiger partial charge in [0.1, 0.15) is 17.4 Å². The minimum atomic E-state index is -0.613. The molecule has 4 fully saturated rings. The van der Waals surface area contributed by atoms with Crippen molar-refractivity contribution in [1.82, 2.24) is 25.7 Å². The fourth-order valence-electron chi connectivity index (χ4n) is 8.56. The zero-order valence-corrected chi connectivity index (χ0v) is 25.4. The van der Waals surface area contributed by atoms with Crippen LogP contribution in [0.5, 0.6) is 5.75 Å². The van der Waals surface area contributed by atoms with Crippen molar-refractivity contribution in [2.45, 2.75) is 63.7 Å². The molecular weight excluding hydrogens is 554 g/mol. The highest BCUT2D eigenvalue weighted by Gasteiger charge is 2.43. The Hall–Kier alpha value is -3.95. The van der Waals surface area contributed by atoms with Gasteiger partial charge in [-0.25, -0.2) is 9.97 Å². The number of allylic oxidation sites excluding steroid dienone is 1. The second-order valence-corrected chi connectivity index (χ2v) is 13.8. The smallest absolute Gasteiger partial charge is 0.306 e. The molecule has 2 aromatic rings. The van der Waals surface area contributed by atoms with Gasteiger partial charge in [0.15, 0.2) is 0 Å². The van der Waals surface area contributed by atoms with Gasteiger partial charge in [0, 0.05) is 37.7 Å². The third-order valence-corrected chi connectivity index (χ3v) is 11.0. The Kier molecular flexibility index (Phi) is 7.99. The number of carboxylic acid groups (broad SMARTS) is 1. The van der Waals surface area contributed by atoms with Crippen LogP contribution in [0.4, 0.5) is 5.69 Å². The van der Waals surface area contributed by atoms with Crippen molar-refractivity contribution >= 4 is 17.4 Å². The minimum Gasteiger partial charge on any atom is -0.507 e. The molecule has 5 aliphatic rings. The molecule has 7 rings (SSSR count). The van der Waals surface area contributed by atoms with E-state index in [9.17, 15) is 15.0 Å². The van der Waals surface area contributed by atoms with Gasteiger partial charge >= 0.3 is 5.97 Å². The van der Waals surface area contributed by atoms with Crippen molar-refractivity contribution in [3.8, 4) is 5.75 Å². The third kappa shape index (κ3) is 5.90. The SMILES string of the molecule is NC1=C(N2CC3CC(C2)C(c2ncc(N4CCC(C[C@H]5CC[C@H](C(=O)O)CC5)CC4)cn2)C3)C=C(c2ccccc2O)NN1. The molecule has 3 aliphatic heterocycles. The number of piperidine rings is 2. The van der Waals surface area contributed by atoms with Gasteiger partial charge < -0.3 is 25.7 Å². The maximum Gasteiger partial charge on any atom is 0.306 e. The number of carboxylic acids is 1. The predicted molar refractivity (Wildman–Crippen MR) is 169 cm³/mol. The van der Waals surface area contributed by atoms with E-state index in [1.165, 1.54) is 25.7 Å². The number of likely N-dealkylation sites (tertiary alicyclic amines) is 1. The van der Waals surface area contributed by atoms with Crippen molar-refractivity contribution in [2.24, 2.45) is 35.3 Å². The lowest BCUT2D eigenvalue weighted by Gasteiger charge is -2.37. The maximum absolute atomic E-state index is 11.3. The number of benzene rings is 1. The molecule has 6 N–H and O–H groups in total. The number of rotatable bonds is 7. The lowest BCUT2D eigenvalue weighted by Crippen LogP contribution is -2.44. The Morgan fingerprint density at radius 3 is 2.39 bits per heavy atom. The Bertz CT molecular complexity index is 1410. The van der Waals surface area contributed by atoms with Crippen LogP contribution in [0.3, 0.4) is 0 Å². The maximum atomic E-state index is 11.3. The number of nitrogens with zero attached hydrogens (tertiary/aromatic N) is 4. The molecule has 2 saturated heterocycles. The summed E-state index contributed by atoms with van der Waals surface area (Å²) in [5.41, 5.74) is 16.3. The molecule has 234 valence electrons. The van der Waals surface area contributed by atoms with E-state index in [0.717, 1.165) is 92.7 Å². The van der Waals surface area contributed by atoms with Crippen molar-refractivity contribution in [2.75, 3.05) is 31.1 Å². The quantitative estimate of drug-likeness (QED) is 0.311. The van der Waals surface area contributed by atoms with Crippen molar-refractivity contribution in [3.05, 3.63) is 65.6 Å². The van der Waals surface area contributed by atoms with Crippen LogP contribution in [0.15, 0.2) is 54.3 Å². The molecule has 10 heteroatoms. The van der Waals surface area contributed by atoms with Crippen LogP contribution in [-0.2, 0) is 4.79 Å². The summed E-state index contributed by atoms with van der Waals surface area (Å²) in [6.07, 6.45) is 15.9. The van der Waals surface area contributed by atoms with Gasteiger partial charge in [0.25, 0.3) is 0 Å². The van der Waals surface area contributed by atoms with E-state index in [1.54, 1.807) is 6.07 Å². The first kappa shape index (κ1) is 28.8. The summed E-state index contributed by atoms with van der Waals surface area (Å²) in [6.45, 7) is 3.93. The monoisotopic (exact) mass is 599 g/mol. The highest BCUT2D eigenvalue weighted by atomic mass is 16.4. The normalized spacial score (nSPS) is 29.2. The van der Waals surface area contributed by atoms with Gasteiger partial charge in [0.2, 0.25) is 0 Å². The minimum absolute atomic E-state index is 0.122. The van der Waals surface area contributed by atoms with Gasteiger partial charge in [-0.1, -0.05) is 12.1 Å². The Balaban J connectivity index is 0.943. The number of nitrogens with two attached hydrogens (primary N) is 1. The highest BCUT2D eigenvalue weighted by Crippen LogP contribution is 2.47. The van der Waals surface area contributed by atoms with Gasteiger partial charge in [-0.15, -0.1) is 0 Å². The Labute approximate surface area is 259 Å². The van der Waals surface area contributed by atoms with E-state index in [2.05, 4.69) is 20.7 Å². The van der Waals surface area contributed by atoms with Crippen LogP contribution >= 0.6 is 0 Å². The standard InChI is InChI=1S/C34H45N7O3/c35-32-30(16-29(38-39-32)27-3-1-2-4-31(27)42)41-19-23-14-25(20-41)28(15-23)33-36-17-26(18-37-33)40-11-9-22(10-12-40)13-21-5-7-24(8-6-21)34(43)44/h1-4,16-18,21-25,28,38-39,42H,5-15,19-20,35H2,(H,43,44)/t21-,23?,24-,25?,28?. The first-order chi connectivity index (χ1) is 21.4. The summed E-state index contributed by atoms with van der Waals surface area (Å²) in [5.74, 6) is 3.87. The molecule has 3 atom stereocenters. The average Bonchev–Trinajstić information content (AvgIpc) is 3.35. The van der Waals surface area contributed by atoms with E-state index in [1.807, 2.05) is 36.7 Å². The topological polar surface area (TPSA) is 140 Å². The molecule has 0 spiro atoms. The second-order valence-electron chi connectivity index (χ2n) is 13.8. The van der Waals surface area contributed by atoms with Crippen LogP contribution in [0.2, 0.25) is 0 Å². The fourth-order valence-corrected chi connectivity index (χ4v) is 8.56. The summed E-state index contributed by atoms with van der Waals surface area (Å²) >= 11 is 0. The molecule has 10 nitrogen and oxygen atoms in total. The van der Waals surface area contributed by atoms with Gasteiger partial charge in [-0.3, -0.25) is 15.6 Å². The molecule has 2 saturated carbocycles. The van der Waals surface area contributed by atoms with Crippen molar-refractivity contribution in [3.63, 3.8) is 0 Å². The number of aromatic hydroxyl groups is 1. The molecule has 44 heavy (non-hydrogen) atoms. The van der Waals surface area contributed by atoms with Crippen LogP contribution in [0.1, 0.15) is 75.1 Å². The molecule has 2 bridgehead atoms. The third-order valence-electron chi connectivity index (χ3n) is 11.0. The van der Waals surface area contributed by atoms with E-state index in [0.29, 0.717) is 29.5 Å². The van der Waals surface area contributed by atoms with Crippen LogP contribution in [0, 0.1) is 29.6 Å². The summed E-state index contributed by atoms with van der Waals surface area (Å²) in [5, 5.41) is 19.7. The number of phenols is 1. The lowest BCUT2D eigenvalue weighted by atomic mass is 9.76. The molecule has 0 radical (unpaired) electrons. The van der Waals surface area contributed by atoms with Crippen LogP contribution < -0.4 is 21.5 Å². The summed E-state index contributed by atoms with van der Waals surface area (Å²) in [7, 11) is 0. The number of hydrogen-bond acceptors (Lipinski definition) is 9. The molecule has 0 amide bonds. The van der Waals surface area contributed by atoms with Gasteiger partial charge in [-0.2, -0.15) is 0 Å². The largest absolute Gasteiger partial charge is 0.507 e. The van der Waals surface area contributed by atoms with E-state index < -0.39 is 5.97 Å². The molecule has 4 heterocycles. The van der Waals surface area contributed by atoms with Crippen molar-refractivity contribution < 1.29 is 15.0 Å². The molecule has 2 aliphatic carbocycles. The highest BCUT2D eigenvalue weighted by molar-refractivity contribution is 5.72. The van der Waals surface area contributed by atoms with E-state index >= 15 is 0 Å². The number of nitrogens with one attached hydrogen (secondary N) is 2. The van der Waals surface area contributed by atoms with Gasteiger partial charge in [-0.05, 0) is 99.7 Å². The second kappa shape index (κ2) is 12.2. The number of hydrazine groups is 1. The first-order valence-corrected chi connectivity index (χ1v) is 16.5. The number of anilines is 1. The predicted octanol–water partition coefficient (Wildman–Crippen LogP) is 4.38. The molecule has 3 unspecified atom stereocenters. The van der Waals surface area contributed by atoms with Crippen LogP contribution in [0.25, 0.3) is 5.70 Å². The number of phenolic OH excluding ortho intramolecular Hbond substituents is 1. The zero-order valence-electron chi connectivity index (χ0n) is 25.4. The number of para-hydroxylation sites is 1. The Morgan fingerprint density at radius 2 is 1.66 bits per heavy atom. The number of hydrogen-bond donors (Lipinski definition) is 5. The summed E-state index contributed by atoms with van der Waals surface area (Å²) in [4.78, 5) is 25.9. The van der Waals surface area contributed by atoms with E-state index in [4.69, 9.17) is 15.7 Å². The van der Waals surface area contributed by atoms with Crippen molar-refractivity contribution in [1.29, 1.82) is 0 Å². The van der Waals surface area contributed by atoms with Crippen LogP contribution in [-0.4, -0.2) is 57.2 Å². The molecule has 1 aromatic carbocycles. The Morgan fingerprint density at radius 1 is 0.932 bits per heavy atom. The summed E-state index contributed by atoms with van der Waals surface area (Å²) in [6, 6.07) is 7.32. The summed E-state index contributed by atoms with van der Waals surface area (Å²) < 4.78 is 0. The van der Waals surface area contributed by atoms with E-state index in [-0.39, 0.29) is 11.7 Å². The molecule has 1 aromatic heterocycles. The molecular formula is C34H45N7O3. The fraction of sp³-hybridized carbons (Fsp3) is 0.559. The lowest BCUT2D eigenvalue weighted by molar-refractivity contribution is -0.143. The average molecular weight is 600 g/mol. The number of fused-ring (bicyclic) bond motifs is 2.